The minimum Gasteiger partial charge on any atom is -0.341 e. The molecule has 1 amide bonds. The molecule has 23 heavy (non-hydrogen) atoms. The average molecular weight is 326 g/mol. The molecule has 0 spiro atoms. The van der Waals surface area contributed by atoms with Gasteiger partial charge in [0.2, 0.25) is 5.91 Å². The first-order valence-corrected chi connectivity index (χ1v) is 9.20. The van der Waals surface area contributed by atoms with Crippen LogP contribution in [0.3, 0.4) is 0 Å². The van der Waals surface area contributed by atoms with Gasteiger partial charge in [0.05, 0.1) is 11.4 Å². The molecule has 2 heterocycles. The highest BCUT2D eigenvalue weighted by atomic mass is 32.2. The maximum absolute atomic E-state index is 12.4. The fourth-order valence-electron chi connectivity index (χ4n) is 3.10. The van der Waals surface area contributed by atoms with Crippen LogP contribution in [0.25, 0.3) is 0 Å². The number of aryl methyl sites for hydroxylation is 1. The molecule has 0 bridgehead atoms. The zero-order valence-corrected chi connectivity index (χ0v) is 14.3. The first-order chi connectivity index (χ1) is 11.2. The quantitative estimate of drug-likeness (QED) is 0.841. The van der Waals surface area contributed by atoms with Gasteiger partial charge >= 0.3 is 0 Å². The second-order valence-electron chi connectivity index (χ2n) is 6.00. The highest BCUT2D eigenvalue weighted by molar-refractivity contribution is 7.99. The van der Waals surface area contributed by atoms with Crippen LogP contribution in [0.5, 0.6) is 0 Å². The van der Waals surface area contributed by atoms with Crippen LogP contribution >= 0.6 is 11.8 Å². The van der Waals surface area contributed by atoms with Crippen molar-refractivity contribution < 1.29 is 4.79 Å². The monoisotopic (exact) mass is 326 g/mol. The molecule has 0 radical (unpaired) electrons. The molecule has 1 saturated heterocycles. The molecule has 3 nitrogen and oxygen atoms in total. The van der Waals surface area contributed by atoms with Crippen molar-refractivity contribution in [1.82, 2.24) is 9.88 Å². The van der Waals surface area contributed by atoms with E-state index < -0.39 is 0 Å². The number of hydrogen-bond donors (Lipinski definition) is 0. The summed E-state index contributed by atoms with van der Waals surface area (Å²) in [7, 11) is 0. The van der Waals surface area contributed by atoms with E-state index in [1.807, 2.05) is 23.1 Å². The van der Waals surface area contributed by atoms with E-state index in [-0.39, 0.29) is 5.91 Å². The number of aromatic nitrogens is 1. The first kappa shape index (κ1) is 16.1. The van der Waals surface area contributed by atoms with Crippen LogP contribution in [-0.4, -0.2) is 34.6 Å². The molecule has 0 N–H and O–H groups in total. The molecule has 120 valence electrons. The highest BCUT2D eigenvalue weighted by Gasteiger charge is 2.27. The van der Waals surface area contributed by atoms with E-state index in [0.29, 0.717) is 11.7 Å². The van der Waals surface area contributed by atoms with Crippen molar-refractivity contribution in [1.29, 1.82) is 0 Å². The van der Waals surface area contributed by atoms with Crippen LogP contribution < -0.4 is 0 Å². The maximum atomic E-state index is 12.4. The predicted octanol–water partition coefficient (Wildman–Crippen LogP) is 3.64. The molecule has 1 atom stereocenters. The largest absolute Gasteiger partial charge is 0.341 e. The van der Waals surface area contributed by atoms with Gasteiger partial charge in [0, 0.05) is 31.0 Å². The first-order valence-electron chi connectivity index (χ1n) is 8.05. The van der Waals surface area contributed by atoms with E-state index in [1.54, 1.807) is 18.0 Å². The molecule has 1 aliphatic heterocycles. The van der Waals surface area contributed by atoms with E-state index >= 15 is 0 Å². The van der Waals surface area contributed by atoms with Crippen LogP contribution in [0.2, 0.25) is 0 Å². The number of rotatable bonds is 5. The normalized spacial score (nSPS) is 17.4. The number of pyridine rings is 1. The van der Waals surface area contributed by atoms with Crippen LogP contribution in [0.15, 0.2) is 48.7 Å². The summed E-state index contributed by atoms with van der Waals surface area (Å²) < 4.78 is 0. The molecular formula is C19H22N2OS. The Bertz CT molecular complexity index is 659. The van der Waals surface area contributed by atoms with E-state index in [0.717, 1.165) is 31.0 Å². The van der Waals surface area contributed by atoms with Crippen molar-refractivity contribution in [3.63, 3.8) is 0 Å². The Hall–Kier alpha value is -1.81. The van der Waals surface area contributed by atoms with E-state index in [2.05, 4.69) is 36.2 Å². The molecule has 1 unspecified atom stereocenters. The Balaban J connectivity index is 1.49. The second-order valence-corrected chi connectivity index (χ2v) is 6.98. The lowest BCUT2D eigenvalue weighted by molar-refractivity contribution is -0.127. The Labute approximate surface area is 142 Å². The minimum absolute atomic E-state index is 0.252. The van der Waals surface area contributed by atoms with Crippen molar-refractivity contribution in [3.05, 3.63) is 65.5 Å². The zero-order valence-electron chi connectivity index (χ0n) is 13.4. The van der Waals surface area contributed by atoms with Gasteiger partial charge in [-0.3, -0.25) is 9.78 Å². The number of amides is 1. The third-order valence-electron chi connectivity index (χ3n) is 4.37. The Morgan fingerprint density at radius 1 is 1.26 bits per heavy atom. The molecular weight excluding hydrogens is 304 g/mol. The number of carbonyl (C=O) groups excluding carboxylic acids is 1. The number of nitrogens with zero attached hydrogens (tertiary/aromatic N) is 2. The lowest BCUT2D eigenvalue weighted by atomic mass is 9.94. The van der Waals surface area contributed by atoms with E-state index in [9.17, 15) is 4.79 Å². The van der Waals surface area contributed by atoms with E-state index in [1.165, 1.54) is 11.1 Å². The topological polar surface area (TPSA) is 33.2 Å². The van der Waals surface area contributed by atoms with Crippen LogP contribution in [-0.2, 0) is 10.5 Å². The fraction of sp³-hybridized carbons (Fsp3) is 0.368. The van der Waals surface area contributed by atoms with Gasteiger partial charge in [0.15, 0.2) is 0 Å². The predicted molar refractivity (Wildman–Crippen MR) is 95.5 cm³/mol. The summed E-state index contributed by atoms with van der Waals surface area (Å²) in [4.78, 5) is 18.7. The lowest BCUT2D eigenvalue weighted by Gasteiger charge is -2.17. The number of hydrogen-bond acceptors (Lipinski definition) is 3. The van der Waals surface area contributed by atoms with Gasteiger partial charge < -0.3 is 4.90 Å². The van der Waals surface area contributed by atoms with Gasteiger partial charge in [-0.15, -0.1) is 11.8 Å². The van der Waals surface area contributed by atoms with Crippen molar-refractivity contribution >= 4 is 17.7 Å². The maximum Gasteiger partial charge on any atom is 0.232 e. The van der Waals surface area contributed by atoms with E-state index in [4.69, 9.17) is 0 Å². The zero-order chi connectivity index (χ0) is 16.1. The van der Waals surface area contributed by atoms with Crippen LogP contribution in [0, 0.1) is 6.92 Å². The van der Waals surface area contributed by atoms with Crippen molar-refractivity contribution in [2.45, 2.75) is 25.0 Å². The van der Waals surface area contributed by atoms with Gasteiger partial charge in [0.1, 0.15) is 0 Å². The number of thioether (sulfide) groups is 1. The number of carbonyl (C=O) groups is 1. The summed E-state index contributed by atoms with van der Waals surface area (Å²) in [5.74, 6) is 2.07. The number of benzene rings is 1. The summed E-state index contributed by atoms with van der Waals surface area (Å²) in [6.45, 7) is 3.89. The SMILES string of the molecule is Cc1ccccc1C1CCN(C(=O)CSCc2ccccn2)C1. The smallest absolute Gasteiger partial charge is 0.232 e. The third kappa shape index (κ3) is 4.14. The van der Waals surface area contributed by atoms with Crippen molar-refractivity contribution in [2.75, 3.05) is 18.8 Å². The lowest BCUT2D eigenvalue weighted by Crippen LogP contribution is -2.30. The average Bonchev–Trinajstić information content (AvgIpc) is 3.06. The molecule has 2 aromatic rings. The number of likely N-dealkylation sites (tertiary alicyclic amines) is 1. The molecule has 1 aromatic carbocycles. The molecule has 4 heteroatoms. The molecule has 1 aromatic heterocycles. The highest BCUT2D eigenvalue weighted by Crippen LogP contribution is 2.29. The van der Waals surface area contributed by atoms with Crippen LogP contribution in [0.4, 0.5) is 0 Å². The molecule has 3 rings (SSSR count). The van der Waals surface area contributed by atoms with Gasteiger partial charge in [-0.2, -0.15) is 0 Å². The minimum atomic E-state index is 0.252. The molecule has 0 saturated carbocycles. The summed E-state index contributed by atoms with van der Waals surface area (Å²) in [6, 6.07) is 14.4. The Morgan fingerprint density at radius 3 is 2.87 bits per heavy atom. The molecule has 1 aliphatic rings. The molecule has 0 aliphatic carbocycles. The second kappa shape index (κ2) is 7.64. The van der Waals surface area contributed by atoms with Gasteiger partial charge in [-0.25, -0.2) is 0 Å². The van der Waals surface area contributed by atoms with Gasteiger partial charge in [-0.1, -0.05) is 30.3 Å². The molecule has 1 fully saturated rings. The summed E-state index contributed by atoms with van der Waals surface area (Å²) in [5.41, 5.74) is 3.75. The summed E-state index contributed by atoms with van der Waals surface area (Å²) >= 11 is 1.65. The van der Waals surface area contributed by atoms with Gasteiger partial charge in [-0.05, 0) is 36.6 Å². The summed E-state index contributed by atoms with van der Waals surface area (Å²) in [5, 5.41) is 0. The van der Waals surface area contributed by atoms with Crippen molar-refractivity contribution in [2.24, 2.45) is 0 Å². The Morgan fingerprint density at radius 2 is 2.09 bits per heavy atom. The Kier molecular flexibility index (Phi) is 5.34. The standard InChI is InChI=1S/C19H22N2OS/c1-15-6-2-3-8-18(15)16-9-11-21(12-16)19(22)14-23-13-17-7-4-5-10-20-17/h2-8,10,16H,9,11-14H2,1H3. The van der Waals surface area contributed by atoms with Crippen LogP contribution in [0.1, 0.15) is 29.2 Å². The van der Waals surface area contributed by atoms with Crippen molar-refractivity contribution in [3.8, 4) is 0 Å². The summed E-state index contributed by atoms with van der Waals surface area (Å²) in [6.07, 6.45) is 2.87. The third-order valence-corrected chi connectivity index (χ3v) is 5.32. The fourth-order valence-corrected chi connectivity index (χ4v) is 3.94. The van der Waals surface area contributed by atoms with Gasteiger partial charge in [0.25, 0.3) is 0 Å².